The lowest BCUT2D eigenvalue weighted by Gasteiger charge is -2.02. The van der Waals surface area contributed by atoms with Crippen LogP contribution in [0.4, 0.5) is 0 Å². The Bertz CT molecular complexity index is 148. The van der Waals surface area contributed by atoms with Gasteiger partial charge in [0, 0.05) is 0 Å². The number of rotatable bonds is 2. The van der Waals surface area contributed by atoms with Crippen LogP contribution in [0.25, 0.3) is 0 Å². The number of hydrogen-bond acceptors (Lipinski definition) is 0. The molecule has 0 N–H and O–H groups in total. The van der Waals surface area contributed by atoms with Gasteiger partial charge in [0.2, 0.25) is 0 Å². The highest BCUT2D eigenvalue weighted by Crippen LogP contribution is 2.17. The van der Waals surface area contributed by atoms with Crippen LogP contribution >= 0.6 is 0 Å². The van der Waals surface area contributed by atoms with Gasteiger partial charge in [0.1, 0.15) is 17.3 Å². The summed E-state index contributed by atoms with van der Waals surface area (Å²) >= 11 is 0. The second-order valence-corrected chi connectivity index (χ2v) is 5.98. The van der Waals surface area contributed by atoms with Gasteiger partial charge in [0.25, 0.3) is 0 Å². The van der Waals surface area contributed by atoms with Gasteiger partial charge in [-0.05, 0) is 50.1 Å². The molecule has 0 amide bonds. The molecule has 0 unspecified atom stereocenters. The highest BCUT2D eigenvalue weighted by atomic mass is 32.2. The number of hydrogen-bond donors (Lipinski definition) is 0. The van der Waals surface area contributed by atoms with Crippen molar-refractivity contribution in [2.24, 2.45) is 0 Å². The van der Waals surface area contributed by atoms with Crippen molar-refractivity contribution in [1.29, 1.82) is 0 Å². The van der Waals surface area contributed by atoms with E-state index in [1.807, 2.05) is 0 Å². The molecule has 0 saturated carbocycles. The van der Waals surface area contributed by atoms with Crippen LogP contribution in [0.2, 0.25) is 0 Å². The molecule has 11 heavy (non-hydrogen) atoms. The Morgan fingerprint density at radius 2 is 1.64 bits per heavy atom. The van der Waals surface area contributed by atoms with Gasteiger partial charge in [-0.1, -0.05) is 5.57 Å². The van der Waals surface area contributed by atoms with Gasteiger partial charge in [-0.15, -0.1) is 0 Å². The van der Waals surface area contributed by atoms with E-state index < -0.39 is 0 Å². The summed E-state index contributed by atoms with van der Waals surface area (Å²) in [7, 11) is 0.764. The van der Waals surface area contributed by atoms with E-state index in [-0.39, 0.29) is 0 Å². The quantitative estimate of drug-likeness (QED) is 0.443. The summed E-state index contributed by atoms with van der Waals surface area (Å²) in [6.45, 7) is 6.75. The van der Waals surface area contributed by atoms with Crippen molar-refractivity contribution in [3.63, 3.8) is 0 Å². The maximum absolute atomic E-state index is 2.29. The monoisotopic (exact) mass is 171 g/mol. The zero-order valence-corrected chi connectivity index (χ0v) is 8.76. The third kappa shape index (κ3) is 2.90. The predicted molar refractivity (Wildman–Crippen MR) is 55.2 cm³/mol. The van der Waals surface area contributed by atoms with E-state index in [0.717, 1.165) is 10.9 Å². The fourth-order valence-electron chi connectivity index (χ4n) is 1.31. The molecule has 1 heteroatoms. The topological polar surface area (TPSA) is 0 Å². The summed E-state index contributed by atoms with van der Waals surface area (Å²) in [6.07, 6.45) is 2.97. The standard InChI is InChI=1S/C10H19S/c1-9(2)10(3)8-11-6-4-5-7-11/h4-8H2,1-3H3/q+1. The third-order valence-electron chi connectivity index (χ3n) is 2.39. The fourth-order valence-corrected chi connectivity index (χ4v) is 3.93. The van der Waals surface area contributed by atoms with Crippen LogP contribution in [0, 0.1) is 0 Å². The van der Waals surface area contributed by atoms with Crippen molar-refractivity contribution in [3.8, 4) is 0 Å². The molecule has 0 bridgehead atoms. The smallest absolute Gasteiger partial charge is 0.0729 e. The molecule has 0 radical (unpaired) electrons. The van der Waals surface area contributed by atoms with Crippen molar-refractivity contribution in [3.05, 3.63) is 11.1 Å². The molecular weight excluding hydrogens is 152 g/mol. The van der Waals surface area contributed by atoms with Gasteiger partial charge in [-0.25, -0.2) is 0 Å². The first-order valence-corrected chi connectivity index (χ1v) is 6.20. The van der Waals surface area contributed by atoms with E-state index in [1.54, 1.807) is 5.57 Å². The van der Waals surface area contributed by atoms with E-state index >= 15 is 0 Å². The summed E-state index contributed by atoms with van der Waals surface area (Å²) in [4.78, 5) is 0. The molecule has 1 rings (SSSR count). The van der Waals surface area contributed by atoms with Gasteiger partial charge in [0.15, 0.2) is 0 Å². The molecule has 0 aromatic heterocycles. The average Bonchev–Trinajstić information content (AvgIpc) is 2.39. The molecular formula is C10H19S+. The zero-order valence-electron chi connectivity index (χ0n) is 7.94. The van der Waals surface area contributed by atoms with Crippen LogP contribution in [0.3, 0.4) is 0 Å². The summed E-state index contributed by atoms with van der Waals surface area (Å²) < 4.78 is 0. The fraction of sp³-hybridized carbons (Fsp3) is 0.800. The van der Waals surface area contributed by atoms with Crippen LogP contribution < -0.4 is 0 Å². The molecule has 64 valence electrons. The lowest BCUT2D eigenvalue weighted by Crippen LogP contribution is -2.10. The Labute approximate surface area is 73.4 Å². The Hall–Kier alpha value is 0.0900. The molecule has 0 aliphatic carbocycles. The maximum atomic E-state index is 2.29. The molecule has 0 spiro atoms. The molecule has 0 aromatic rings. The Balaban J connectivity index is 2.35. The SMILES string of the molecule is CC(C)=C(C)C[S+]1CCCC1. The second kappa shape index (κ2) is 4.20. The van der Waals surface area contributed by atoms with Crippen molar-refractivity contribution in [2.75, 3.05) is 17.3 Å². The molecule has 0 atom stereocenters. The van der Waals surface area contributed by atoms with Gasteiger partial charge in [0.05, 0.1) is 0 Å². The molecule has 1 saturated heterocycles. The first kappa shape index (κ1) is 9.18. The van der Waals surface area contributed by atoms with Crippen molar-refractivity contribution in [1.82, 2.24) is 0 Å². The minimum atomic E-state index is 0.764. The molecule has 1 heterocycles. The minimum Gasteiger partial charge on any atom is -0.0729 e. The van der Waals surface area contributed by atoms with E-state index in [1.165, 1.54) is 35.7 Å². The lowest BCUT2D eigenvalue weighted by molar-refractivity contribution is 0.949. The Morgan fingerprint density at radius 1 is 1.09 bits per heavy atom. The Kier molecular flexibility index (Phi) is 3.50. The zero-order chi connectivity index (χ0) is 8.27. The van der Waals surface area contributed by atoms with E-state index in [9.17, 15) is 0 Å². The molecule has 0 aromatic carbocycles. The Morgan fingerprint density at radius 3 is 2.09 bits per heavy atom. The molecule has 1 aliphatic heterocycles. The van der Waals surface area contributed by atoms with E-state index in [0.29, 0.717) is 0 Å². The van der Waals surface area contributed by atoms with E-state index in [4.69, 9.17) is 0 Å². The van der Waals surface area contributed by atoms with Crippen molar-refractivity contribution in [2.45, 2.75) is 33.6 Å². The van der Waals surface area contributed by atoms with Crippen LogP contribution in [0.5, 0.6) is 0 Å². The van der Waals surface area contributed by atoms with Crippen molar-refractivity contribution >= 4 is 10.9 Å². The van der Waals surface area contributed by atoms with Crippen LogP contribution in [0.1, 0.15) is 33.6 Å². The first-order chi connectivity index (χ1) is 5.20. The third-order valence-corrected chi connectivity index (χ3v) is 4.96. The van der Waals surface area contributed by atoms with Gasteiger partial charge < -0.3 is 0 Å². The molecule has 1 fully saturated rings. The van der Waals surface area contributed by atoms with E-state index in [2.05, 4.69) is 20.8 Å². The van der Waals surface area contributed by atoms with Crippen LogP contribution in [-0.4, -0.2) is 17.3 Å². The maximum Gasteiger partial charge on any atom is 0.129 e. The molecule has 0 nitrogen and oxygen atoms in total. The second-order valence-electron chi connectivity index (χ2n) is 3.65. The normalized spacial score (nSPS) is 18.8. The van der Waals surface area contributed by atoms with Crippen LogP contribution in [-0.2, 0) is 10.9 Å². The van der Waals surface area contributed by atoms with Gasteiger partial charge >= 0.3 is 0 Å². The summed E-state index contributed by atoms with van der Waals surface area (Å²) in [5.74, 6) is 4.40. The van der Waals surface area contributed by atoms with Crippen LogP contribution in [0.15, 0.2) is 11.1 Å². The summed E-state index contributed by atoms with van der Waals surface area (Å²) in [5, 5.41) is 0. The van der Waals surface area contributed by atoms with Gasteiger partial charge in [-0.3, -0.25) is 0 Å². The minimum absolute atomic E-state index is 0.764. The van der Waals surface area contributed by atoms with Crippen molar-refractivity contribution < 1.29 is 0 Å². The summed E-state index contributed by atoms with van der Waals surface area (Å²) in [6, 6.07) is 0. The predicted octanol–water partition coefficient (Wildman–Crippen LogP) is 2.75. The largest absolute Gasteiger partial charge is 0.129 e. The summed E-state index contributed by atoms with van der Waals surface area (Å²) in [5.41, 5.74) is 3.17. The number of allylic oxidation sites excluding steroid dienone is 1. The highest BCUT2D eigenvalue weighted by molar-refractivity contribution is 7.97. The first-order valence-electron chi connectivity index (χ1n) is 4.47. The lowest BCUT2D eigenvalue weighted by atomic mass is 10.2. The highest BCUT2D eigenvalue weighted by Gasteiger charge is 2.23. The molecule has 1 aliphatic rings. The average molecular weight is 171 g/mol. The van der Waals surface area contributed by atoms with Gasteiger partial charge in [-0.2, -0.15) is 0 Å².